The molecule has 0 amide bonds. The van der Waals surface area contributed by atoms with Crippen molar-refractivity contribution >= 4 is 23.9 Å². The number of fused-ring (bicyclic) bond motifs is 4. The highest BCUT2D eigenvalue weighted by molar-refractivity contribution is 5.94. The first-order valence-electron chi connectivity index (χ1n) is 18.1. The maximum absolute atomic E-state index is 14.2. The molecule has 57 heavy (non-hydrogen) atoms. The Morgan fingerprint density at radius 1 is 0.632 bits per heavy atom. The zero-order valence-electron chi connectivity index (χ0n) is 30.9. The lowest BCUT2D eigenvalue weighted by molar-refractivity contribution is -0.287. The molecule has 0 saturated heterocycles. The van der Waals surface area contributed by atoms with Gasteiger partial charge in [0, 0.05) is 18.1 Å². The molecule has 1 aliphatic heterocycles. The van der Waals surface area contributed by atoms with Gasteiger partial charge >= 0.3 is 30.2 Å². The van der Waals surface area contributed by atoms with Crippen molar-refractivity contribution in [2.45, 2.75) is 44.8 Å². The monoisotopic (exact) mass is 784 g/mol. The van der Waals surface area contributed by atoms with Crippen molar-refractivity contribution in [1.82, 2.24) is 0 Å². The Hall–Kier alpha value is -6.70. The molecule has 4 aromatic carbocycles. The molecule has 6 rings (SSSR count). The van der Waals surface area contributed by atoms with E-state index in [9.17, 15) is 28.0 Å². The summed E-state index contributed by atoms with van der Waals surface area (Å²) in [5, 5.41) is 0. The third-order valence-corrected chi connectivity index (χ3v) is 8.94. The molecule has 1 aliphatic carbocycles. The van der Waals surface area contributed by atoms with Crippen LogP contribution in [0.15, 0.2) is 98.1 Å². The summed E-state index contributed by atoms with van der Waals surface area (Å²) in [6, 6.07) is 19.5. The minimum Gasteiger partial charge on any atom is -0.494 e. The Labute approximate surface area is 326 Å². The highest BCUT2D eigenvalue weighted by Gasteiger charge is 2.47. The topological polar surface area (TPSA) is 142 Å². The molecule has 0 aromatic heterocycles. The van der Waals surface area contributed by atoms with Gasteiger partial charge in [-0.25, -0.2) is 19.2 Å². The van der Waals surface area contributed by atoms with Crippen molar-refractivity contribution < 1.29 is 65.9 Å². The lowest BCUT2D eigenvalue weighted by atomic mass is 9.98. The van der Waals surface area contributed by atoms with Crippen LogP contribution in [0.2, 0.25) is 0 Å². The van der Waals surface area contributed by atoms with Gasteiger partial charge in [0.2, 0.25) is 11.5 Å². The van der Waals surface area contributed by atoms with Gasteiger partial charge in [-0.1, -0.05) is 32.2 Å². The van der Waals surface area contributed by atoms with Crippen LogP contribution in [0, 0.1) is 0 Å². The average molecular weight is 785 g/mol. The van der Waals surface area contributed by atoms with E-state index in [0.29, 0.717) is 49.4 Å². The molecule has 0 spiro atoms. The maximum atomic E-state index is 14.2. The van der Waals surface area contributed by atoms with Gasteiger partial charge in [-0.15, -0.1) is 8.78 Å². The molecule has 1 atom stereocenters. The summed E-state index contributed by atoms with van der Waals surface area (Å²) >= 11 is 0. The zero-order chi connectivity index (χ0) is 40.5. The fourth-order valence-corrected chi connectivity index (χ4v) is 6.10. The van der Waals surface area contributed by atoms with E-state index in [-0.39, 0.29) is 42.8 Å². The Morgan fingerprint density at radius 3 is 1.79 bits per heavy atom. The van der Waals surface area contributed by atoms with E-state index in [1.807, 2.05) is 13.0 Å². The summed E-state index contributed by atoms with van der Waals surface area (Å²) in [5.41, 5.74) is 3.96. The van der Waals surface area contributed by atoms with Crippen LogP contribution < -0.4 is 28.4 Å². The Kier molecular flexibility index (Phi) is 12.5. The summed E-state index contributed by atoms with van der Waals surface area (Å²) in [5.74, 6) is -2.91. The number of alkyl halides is 2. The second kappa shape index (κ2) is 17.8. The molecule has 0 radical (unpaired) electrons. The maximum Gasteiger partial charge on any atom is 0.586 e. The molecule has 0 fully saturated rings. The van der Waals surface area contributed by atoms with Gasteiger partial charge in [0.25, 0.3) is 0 Å². The minimum absolute atomic E-state index is 0.0444. The normalized spacial score (nSPS) is 14.1. The predicted molar refractivity (Wildman–Crippen MR) is 200 cm³/mol. The number of hydrogen-bond acceptors (Lipinski definition) is 12. The van der Waals surface area contributed by atoms with Crippen LogP contribution in [0.1, 0.15) is 70.4 Å². The van der Waals surface area contributed by atoms with Crippen LogP contribution in [-0.2, 0) is 19.1 Å². The zero-order valence-corrected chi connectivity index (χ0v) is 30.9. The third kappa shape index (κ3) is 9.76. The van der Waals surface area contributed by atoms with Crippen molar-refractivity contribution in [1.29, 1.82) is 0 Å². The van der Waals surface area contributed by atoms with Gasteiger partial charge in [-0.2, -0.15) is 0 Å². The molecule has 12 nitrogen and oxygen atoms in total. The van der Waals surface area contributed by atoms with E-state index in [4.69, 9.17) is 33.2 Å². The lowest BCUT2D eigenvalue weighted by Crippen LogP contribution is -2.26. The van der Waals surface area contributed by atoms with Crippen LogP contribution in [0.5, 0.6) is 34.5 Å². The smallest absolute Gasteiger partial charge is 0.494 e. The van der Waals surface area contributed by atoms with Crippen LogP contribution >= 0.6 is 0 Å². The number of ether oxygens (including phenoxy) is 8. The van der Waals surface area contributed by atoms with Crippen molar-refractivity contribution in [2.24, 2.45) is 0 Å². The minimum atomic E-state index is -4.02. The number of esters is 4. The predicted octanol–water partition coefficient (Wildman–Crippen LogP) is 8.36. The highest BCUT2D eigenvalue weighted by atomic mass is 19.3. The second-order valence-corrected chi connectivity index (χ2v) is 12.8. The van der Waals surface area contributed by atoms with E-state index < -0.39 is 41.7 Å². The van der Waals surface area contributed by atoms with E-state index in [0.717, 1.165) is 34.4 Å². The molecule has 296 valence electrons. The molecule has 1 unspecified atom stereocenters. The fraction of sp³-hybridized carbons (Fsp3) is 0.256. The number of halogens is 2. The van der Waals surface area contributed by atoms with Gasteiger partial charge in [-0.3, -0.25) is 0 Å². The van der Waals surface area contributed by atoms with Gasteiger partial charge in [0.15, 0.2) is 11.5 Å². The number of carbonyl (C=O) groups is 4. The number of benzene rings is 4. The molecule has 0 saturated carbocycles. The fourth-order valence-electron chi connectivity index (χ4n) is 6.10. The molecular formula is C43H38F2O12. The Balaban J connectivity index is 1.05. The summed E-state index contributed by atoms with van der Waals surface area (Å²) in [7, 11) is 0. The van der Waals surface area contributed by atoms with E-state index >= 15 is 0 Å². The Morgan fingerprint density at radius 2 is 1.14 bits per heavy atom. The number of carbonyl (C=O) groups excluding carboxylic acids is 4. The molecule has 0 bridgehead atoms. The number of rotatable bonds is 18. The highest BCUT2D eigenvalue weighted by Crippen LogP contribution is 2.53. The largest absolute Gasteiger partial charge is 0.586 e. The van der Waals surface area contributed by atoms with Crippen molar-refractivity contribution in [3.05, 3.63) is 120 Å². The SMILES string of the molecule is C=CC(=O)OCCCCOc1ccc(C(=O)Oc2ccc3c(c2)C(C)c2cc(C(=O)Oc4ccc(OCCCCOC(=O)C=C)c5c4OC(F)(F)O5)ccc2-3)cc1. The van der Waals surface area contributed by atoms with Crippen LogP contribution in [0.4, 0.5) is 8.78 Å². The second-order valence-electron chi connectivity index (χ2n) is 12.8. The summed E-state index contributed by atoms with van der Waals surface area (Å²) in [6.45, 7) is 9.54. The Bertz CT molecular complexity index is 2180. The van der Waals surface area contributed by atoms with Gasteiger partial charge in [-0.05, 0) is 109 Å². The van der Waals surface area contributed by atoms with E-state index in [1.165, 1.54) is 12.1 Å². The first-order valence-corrected chi connectivity index (χ1v) is 18.1. The molecule has 0 N–H and O–H groups in total. The third-order valence-electron chi connectivity index (χ3n) is 8.94. The van der Waals surface area contributed by atoms with Crippen molar-refractivity contribution in [3.8, 4) is 45.6 Å². The van der Waals surface area contributed by atoms with E-state index in [2.05, 4.69) is 17.9 Å². The number of unbranched alkanes of at least 4 members (excludes halogenated alkanes) is 2. The van der Waals surface area contributed by atoms with Gasteiger partial charge in [0.1, 0.15) is 11.5 Å². The van der Waals surface area contributed by atoms with Gasteiger partial charge < -0.3 is 37.9 Å². The number of hydrogen-bond donors (Lipinski definition) is 0. The van der Waals surface area contributed by atoms with Crippen molar-refractivity contribution in [2.75, 3.05) is 26.4 Å². The van der Waals surface area contributed by atoms with Crippen molar-refractivity contribution in [3.63, 3.8) is 0 Å². The molecule has 4 aromatic rings. The molecular weight excluding hydrogens is 746 g/mol. The quantitative estimate of drug-likeness (QED) is 0.0414. The van der Waals surface area contributed by atoms with E-state index in [1.54, 1.807) is 54.6 Å². The van der Waals surface area contributed by atoms with Gasteiger partial charge in [0.05, 0.1) is 37.6 Å². The van der Waals surface area contributed by atoms with Crippen LogP contribution in [0.3, 0.4) is 0 Å². The summed E-state index contributed by atoms with van der Waals surface area (Å²) in [6.07, 6.45) is 0.348. The summed E-state index contributed by atoms with van der Waals surface area (Å²) in [4.78, 5) is 48.6. The first kappa shape index (κ1) is 40.0. The lowest BCUT2D eigenvalue weighted by Gasteiger charge is -2.12. The van der Waals surface area contributed by atoms with Crippen LogP contribution in [0.25, 0.3) is 11.1 Å². The molecule has 2 aliphatic rings. The standard InChI is InChI=1S/C43H38F2O12/c1-4-37(46)52-22-8-6-20-50-29-13-10-27(11-14-29)41(48)54-30-15-17-32-31-16-12-28(24-33(31)26(3)34(32)25-30)42(49)55-36-19-18-35(39-40(36)57-43(44,45)56-39)51-21-7-9-23-53-38(47)5-2/h4-5,10-19,24-26H,1-2,6-9,20-23H2,3H3. The average Bonchev–Trinajstić information content (AvgIpc) is 3.69. The molecule has 1 heterocycles. The summed E-state index contributed by atoms with van der Waals surface area (Å²) < 4.78 is 70.2. The molecule has 14 heteroatoms. The van der Waals surface area contributed by atoms with Crippen LogP contribution in [-0.4, -0.2) is 56.6 Å². The first-order chi connectivity index (χ1) is 27.5.